The summed E-state index contributed by atoms with van der Waals surface area (Å²) in [5, 5.41) is 11.8. The van der Waals surface area contributed by atoms with Gasteiger partial charge in [0, 0.05) is 24.3 Å². The van der Waals surface area contributed by atoms with E-state index in [1.54, 1.807) is 24.3 Å². The van der Waals surface area contributed by atoms with Gasteiger partial charge in [0.2, 0.25) is 10.0 Å². The Morgan fingerprint density at radius 2 is 1.60 bits per heavy atom. The first-order valence-electron chi connectivity index (χ1n) is 10.8. The Bertz CT molecular complexity index is 1160. The van der Waals surface area contributed by atoms with Gasteiger partial charge in [-0.3, -0.25) is 9.59 Å². The number of sulfonamides is 1. The number of benzene rings is 2. The lowest BCUT2D eigenvalue weighted by Gasteiger charge is -2.33. The summed E-state index contributed by atoms with van der Waals surface area (Å²) in [5.41, 5.74) is 0.786. The molecule has 1 unspecified atom stereocenters. The molecule has 0 aromatic heterocycles. The summed E-state index contributed by atoms with van der Waals surface area (Å²) in [6.45, 7) is 0.385. The lowest BCUT2D eigenvalue weighted by atomic mass is 9.90. The molecule has 3 rings (SSSR count). The Balaban J connectivity index is 1.69. The van der Waals surface area contributed by atoms with Crippen LogP contribution in [0.15, 0.2) is 53.4 Å². The third kappa shape index (κ3) is 6.49. The molecule has 12 heteroatoms. The van der Waals surface area contributed by atoms with E-state index in [1.807, 2.05) is 0 Å². The number of nitrogens with zero attached hydrogens (tertiary/aromatic N) is 1. The predicted molar refractivity (Wildman–Crippen MR) is 126 cm³/mol. The van der Waals surface area contributed by atoms with Gasteiger partial charge in [0.25, 0.3) is 5.91 Å². The number of anilines is 1. The maximum absolute atomic E-state index is 13.0. The fraction of sp³-hybridized carbons (Fsp3) is 0.348. The normalized spacial score (nSPS) is 15.2. The molecular weight excluding hydrogens is 478 g/mol. The number of likely N-dealkylation sites (tertiary alicyclic amines) is 1. The van der Waals surface area contributed by atoms with Crippen molar-refractivity contribution in [2.24, 2.45) is 5.92 Å². The van der Waals surface area contributed by atoms with E-state index in [9.17, 15) is 22.8 Å². The maximum Gasteiger partial charge on any atom is 0.407 e. The van der Waals surface area contributed by atoms with Crippen LogP contribution in [0, 0.1) is 5.92 Å². The molecule has 11 nitrogen and oxygen atoms in total. The monoisotopic (exact) mass is 505 g/mol. The molecule has 0 saturated carbocycles. The number of nitrogens with one attached hydrogen (secondary N) is 2. The molecular formula is C23H27N3O8S. The van der Waals surface area contributed by atoms with Crippen molar-refractivity contribution in [2.75, 3.05) is 32.6 Å². The van der Waals surface area contributed by atoms with Crippen LogP contribution in [0.5, 0.6) is 5.75 Å². The predicted octanol–water partition coefficient (Wildman–Crippen LogP) is 2.16. The second-order valence-corrected chi connectivity index (χ2v) is 9.65. The average molecular weight is 506 g/mol. The minimum atomic E-state index is -4.11. The quantitative estimate of drug-likeness (QED) is 0.462. The van der Waals surface area contributed by atoms with Crippen LogP contribution in [0.3, 0.4) is 0 Å². The summed E-state index contributed by atoms with van der Waals surface area (Å²) >= 11 is 0. The van der Waals surface area contributed by atoms with Crippen LogP contribution in [-0.4, -0.2) is 69.7 Å². The molecule has 3 N–H and O–H groups in total. The molecule has 188 valence electrons. The Morgan fingerprint density at radius 3 is 2.11 bits per heavy atom. The highest BCUT2D eigenvalue weighted by Crippen LogP contribution is 2.24. The van der Waals surface area contributed by atoms with E-state index in [0.717, 1.165) is 7.11 Å². The number of methoxy groups -OCH3 is 2. The SMILES string of the molecule is COC(=O)C(NS(=O)(=O)c1ccc(NC(=O)c2ccc(OC)cc2)cc1)C1CCN(C(=O)O)CC1. The fourth-order valence-corrected chi connectivity index (χ4v) is 5.04. The summed E-state index contributed by atoms with van der Waals surface area (Å²) in [6.07, 6.45) is -0.437. The molecule has 0 bridgehead atoms. The summed E-state index contributed by atoms with van der Waals surface area (Å²) in [5.74, 6) is -0.928. The van der Waals surface area contributed by atoms with Crippen LogP contribution in [0.1, 0.15) is 23.2 Å². The Labute approximate surface area is 203 Å². The highest BCUT2D eigenvalue weighted by molar-refractivity contribution is 7.89. The highest BCUT2D eigenvalue weighted by atomic mass is 32.2. The summed E-state index contributed by atoms with van der Waals surface area (Å²) in [7, 11) is -1.42. The molecule has 1 aliphatic rings. The third-order valence-corrected chi connectivity index (χ3v) is 7.25. The summed E-state index contributed by atoms with van der Waals surface area (Å²) in [4.78, 5) is 37.0. The number of carbonyl (C=O) groups excluding carboxylic acids is 2. The number of ether oxygens (including phenoxy) is 2. The van der Waals surface area contributed by atoms with Gasteiger partial charge < -0.3 is 24.8 Å². The van der Waals surface area contributed by atoms with Crippen molar-refractivity contribution in [3.63, 3.8) is 0 Å². The van der Waals surface area contributed by atoms with Gasteiger partial charge in [-0.15, -0.1) is 0 Å². The van der Waals surface area contributed by atoms with Gasteiger partial charge in [-0.05, 0) is 67.3 Å². The number of amides is 2. The molecule has 1 saturated heterocycles. The first kappa shape index (κ1) is 26.0. The third-order valence-electron chi connectivity index (χ3n) is 5.79. The van der Waals surface area contributed by atoms with E-state index in [0.29, 0.717) is 29.8 Å². The van der Waals surface area contributed by atoms with Crippen molar-refractivity contribution in [3.8, 4) is 5.75 Å². The smallest absolute Gasteiger partial charge is 0.407 e. The first-order chi connectivity index (χ1) is 16.6. The fourth-order valence-electron chi connectivity index (χ4n) is 3.79. The highest BCUT2D eigenvalue weighted by Gasteiger charge is 2.36. The number of hydrogen-bond donors (Lipinski definition) is 3. The molecule has 2 aromatic rings. The van der Waals surface area contributed by atoms with E-state index >= 15 is 0 Å². The zero-order valence-corrected chi connectivity index (χ0v) is 20.1. The maximum atomic E-state index is 13.0. The molecule has 0 aliphatic carbocycles. The minimum Gasteiger partial charge on any atom is -0.497 e. The van der Waals surface area contributed by atoms with E-state index in [2.05, 4.69) is 10.0 Å². The average Bonchev–Trinajstić information content (AvgIpc) is 2.87. The van der Waals surface area contributed by atoms with Crippen molar-refractivity contribution in [1.29, 1.82) is 0 Å². The molecule has 1 atom stereocenters. The van der Waals surface area contributed by atoms with Crippen LogP contribution in [0.4, 0.5) is 10.5 Å². The number of carbonyl (C=O) groups is 3. The second kappa shape index (κ2) is 11.2. The van der Waals surface area contributed by atoms with Gasteiger partial charge in [0.15, 0.2) is 0 Å². The van der Waals surface area contributed by atoms with Crippen molar-refractivity contribution in [3.05, 3.63) is 54.1 Å². The molecule has 0 radical (unpaired) electrons. The zero-order valence-electron chi connectivity index (χ0n) is 19.3. The molecule has 35 heavy (non-hydrogen) atoms. The Kier molecular flexibility index (Phi) is 8.30. The van der Waals surface area contributed by atoms with Gasteiger partial charge in [-0.2, -0.15) is 4.72 Å². The first-order valence-corrected chi connectivity index (χ1v) is 12.3. The molecule has 0 spiro atoms. The van der Waals surface area contributed by atoms with Gasteiger partial charge in [-0.25, -0.2) is 13.2 Å². The number of piperidine rings is 1. The molecule has 1 aliphatic heterocycles. The van der Waals surface area contributed by atoms with Gasteiger partial charge >= 0.3 is 12.1 Å². The van der Waals surface area contributed by atoms with Crippen LogP contribution in [0.25, 0.3) is 0 Å². The van der Waals surface area contributed by atoms with Crippen molar-refractivity contribution in [2.45, 2.75) is 23.8 Å². The van der Waals surface area contributed by atoms with E-state index < -0.39 is 34.0 Å². The number of carboxylic acid groups (broad SMARTS) is 1. The van der Waals surface area contributed by atoms with E-state index in [1.165, 1.54) is 36.3 Å². The summed E-state index contributed by atoms with van der Waals surface area (Å²) in [6, 6.07) is 10.9. The molecule has 2 amide bonds. The van der Waals surface area contributed by atoms with Gasteiger partial charge in [0.05, 0.1) is 19.1 Å². The Hall–Kier alpha value is -3.64. The van der Waals surface area contributed by atoms with Crippen LogP contribution in [0.2, 0.25) is 0 Å². The lowest BCUT2D eigenvalue weighted by Crippen LogP contribution is -2.50. The van der Waals surface area contributed by atoms with E-state index in [4.69, 9.17) is 14.6 Å². The lowest BCUT2D eigenvalue weighted by molar-refractivity contribution is -0.144. The largest absolute Gasteiger partial charge is 0.497 e. The van der Waals surface area contributed by atoms with Crippen molar-refractivity contribution >= 4 is 33.7 Å². The van der Waals surface area contributed by atoms with Gasteiger partial charge in [0.1, 0.15) is 11.8 Å². The number of rotatable bonds is 8. The van der Waals surface area contributed by atoms with Crippen LogP contribution in [-0.2, 0) is 19.6 Å². The second-order valence-electron chi connectivity index (χ2n) is 7.94. The zero-order chi connectivity index (χ0) is 25.6. The standard InChI is InChI=1S/C23H27N3O8S/c1-33-18-7-3-16(4-8-18)21(27)24-17-5-9-19(10-6-17)35(31,32)25-20(22(28)34-2)15-11-13-26(14-12-15)23(29)30/h3-10,15,20,25H,11-14H2,1-2H3,(H,24,27)(H,29,30). The number of esters is 1. The number of hydrogen-bond acceptors (Lipinski definition) is 7. The van der Waals surface area contributed by atoms with Crippen LogP contribution >= 0.6 is 0 Å². The molecule has 2 aromatic carbocycles. The van der Waals surface area contributed by atoms with Gasteiger partial charge in [-0.1, -0.05) is 0 Å². The topological polar surface area (TPSA) is 151 Å². The Morgan fingerprint density at radius 1 is 1.00 bits per heavy atom. The molecule has 1 heterocycles. The van der Waals surface area contributed by atoms with E-state index in [-0.39, 0.29) is 23.9 Å². The van der Waals surface area contributed by atoms with Crippen LogP contribution < -0.4 is 14.8 Å². The van der Waals surface area contributed by atoms with Crippen molar-refractivity contribution < 1.29 is 37.4 Å². The minimum absolute atomic E-state index is 0.100. The van der Waals surface area contributed by atoms with Crippen molar-refractivity contribution in [1.82, 2.24) is 9.62 Å². The summed E-state index contributed by atoms with van der Waals surface area (Å²) < 4.78 is 38.2. The molecule has 1 fully saturated rings.